The van der Waals surface area contributed by atoms with Gasteiger partial charge in [-0.15, -0.1) is 0 Å². The molecule has 3 nitrogen and oxygen atoms in total. The highest BCUT2D eigenvalue weighted by Gasteiger charge is 2.15. The molecule has 1 atom stereocenters. The van der Waals surface area contributed by atoms with E-state index >= 15 is 0 Å². The van der Waals surface area contributed by atoms with Crippen LogP contribution in [0.2, 0.25) is 0 Å². The number of nitrogen functional groups attached to an aromatic ring is 1. The minimum absolute atomic E-state index is 0.108. The maximum absolute atomic E-state index is 11.5. The van der Waals surface area contributed by atoms with E-state index in [0.29, 0.717) is 12.5 Å². The summed E-state index contributed by atoms with van der Waals surface area (Å²) in [5.41, 5.74) is 7.49. The predicted molar refractivity (Wildman–Crippen MR) is 67.3 cm³/mol. The normalized spacial score (nSPS) is 12.8. The van der Waals surface area contributed by atoms with Gasteiger partial charge in [-0.1, -0.05) is 26.0 Å². The lowest BCUT2D eigenvalue weighted by Gasteiger charge is -2.18. The standard InChI is InChI=1S/C13H20N2O/c1-9(2)15-13(10(3)16)8-11-4-6-12(14)7-5-11/h4-7,9,13,15H,8,14H2,1-3H3. The van der Waals surface area contributed by atoms with Crippen molar-refractivity contribution in [1.29, 1.82) is 0 Å². The second-order valence-electron chi connectivity index (χ2n) is 4.43. The van der Waals surface area contributed by atoms with Crippen LogP contribution in [-0.4, -0.2) is 17.9 Å². The summed E-state index contributed by atoms with van der Waals surface area (Å²) < 4.78 is 0. The van der Waals surface area contributed by atoms with Gasteiger partial charge in [0, 0.05) is 11.7 Å². The van der Waals surface area contributed by atoms with Crippen LogP contribution < -0.4 is 11.1 Å². The van der Waals surface area contributed by atoms with Gasteiger partial charge in [0.05, 0.1) is 6.04 Å². The Kier molecular flexibility index (Phi) is 4.50. The van der Waals surface area contributed by atoms with Crippen molar-refractivity contribution >= 4 is 11.5 Å². The van der Waals surface area contributed by atoms with Crippen molar-refractivity contribution in [1.82, 2.24) is 5.32 Å². The Balaban J connectivity index is 2.68. The number of nitrogens with one attached hydrogen (secondary N) is 1. The van der Waals surface area contributed by atoms with Crippen LogP contribution in [-0.2, 0) is 11.2 Å². The molecule has 88 valence electrons. The fourth-order valence-electron chi connectivity index (χ4n) is 1.61. The summed E-state index contributed by atoms with van der Waals surface area (Å²) in [7, 11) is 0. The van der Waals surface area contributed by atoms with Gasteiger partial charge >= 0.3 is 0 Å². The van der Waals surface area contributed by atoms with Crippen molar-refractivity contribution in [2.45, 2.75) is 39.3 Å². The molecule has 0 spiro atoms. The van der Waals surface area contributed by atoms with Crippen molar-refractivity contribution in [3.05, 3.63) is 29.8 Å². The first-order chi connectivity index (χ1) is 7.49. The monoisotopic (exact) mass is 220 g/mol. The highest BCUT2D eigenvalue weighted by Crippen LogP contribution is 2.08. The van der Waals surface area contributed by atoms with E-state index in [1.807, 2.05) is 38.1 Å². The highest BCUT2D eigenvalue weighted by atomic mass is 16.1. The van der Waals surface area contributed by atoms with Crippen molar-refractivity contribution in [3.63, 3.8) is 0 Å². The molecule has 0 aliphatic heterocycles. The molecule has 3 N–H and O–H groups in total. The van der Waals surface area contributed by atoms with Crippen LogP contribution >= 0.6 is 0 Å². The lowest BCUT2D eigenvalue weighted by atomic mass is 10.0. The molecule has 0 saturated carbocycles. The van der Waals surface area contributed by atoms with Crippen LogP contribution in [0.3, 0.4) is 0 Å². The summed E-state index contributed by atoms with van der Waals surface area (Å²) in [6.45, 7) is 5.70. The molecule has 1 aromatic rings. The summed E-state index contributed by atoms with van der Waals surface area (Å²) in [6.07, 6.45) is 0.716. The molecule has 1 unspecified atom stereocenters. The third kappa shape index (κ3) is 4.03. The van der Waals surface area contributed by atoms with Gasteiger partial charge in [0.2, 0.25) is 0 Å². The maximum atomic E-state index is 11.5. The molecule has 0 aliphatic carbocycles. The molecule has 0 aromatic heterocycles. The van der Waals surface area contributed by atoms with E-state index in [-0.39, 0.29) is 11.8 Å². The van der Waals surface area contributed by atoms with E-state index in [0.717, 1.165) is 11.3 Å². The van der Waals surface area contributed by atoms with E-state index in [2.05, 4.69) is 5.32 Å². The summed E-state index contributed by atoms with van der Waals surface area (Å²) in [5.74, 6) is 0.172. The zero-order chi connectivity index (χ0) is 12.1. The molecule has 1 aromatic carbocycles. The maximum Gasteiger partial charge on any atom is 0.147 e. The minimum Gasteiger partial charge on any atom is -0.399 e. The van der Waals surface area contributed by atoms with E-state index < -0.39 is 0 Å². The molecule has 0 amide bonds. The number of Topliss-reactive ketones (excluding diaryl/α,β-unsaturated/α-hetero) is 1. The lowest BCUT2D eigenvalue weighted by molar-refractivity contribution is -0.119. The first-order valence-corrected chi connectivity index (χ1v) is 5.60. The van der Waals surface area contributed by atoms with E-state index in [4.69, 9.17) is 5.73 Å². The molecular formula is C13H20N2O. The molecule has 3 heteroatoms. The largest absolute Gasteiger partial charge is 0.399 e. The van der Waals surface area contributed by atoms with Gasteiger partial charge in [0.15, 0.2) is 0 Å². The molecule has 0 radical (unpaired) electrons. The van der Waals surface area contributed by atoms with Crippen molar-refractivity contribution < 1.29 is 4.79 Å². The van der Waals surface area contributed by atoms with Gasteiger partial charge in [-0.2, -0.15) is 0 Å². The molecular weight excluding hydrogens is 200 g/mol. The number of ketones is 1. The molecule has 0 fully saturated rings. The van der Waals surface area contributed by atoms with Crippen molar-refractivity contribution in [2.75, 3.05) is 5.73 Å². The lowest BCUT2D eigenvalue weighted by Crippen LogP contribution is -2.41. The van der Waals surface area contributed by atoms with Crippen LogP contribution in [0.1, 0.15) is 26.3 Å². The molecule has 0 heterocycles. The summed E-state index contributed by atoms with van der Waals surface area (Å²) >= 11 is 0. The van der Waals surface area contributed by atoms with Gasteiger partial charge in [-0.3, -0.25) is 4.79 Å². The summed E-state index contributed by atoms with van der Waals surface area (Å²) in [4.78, 5) is 11.5. The molecule has 0 bridgehead atoms. The van der Waals surface area contributed by atoms with E-state index in [9.17, 15) is 4.79 Å². The third-order valence-electron chi connectivity index (χ3n) is 2.44. The van der Waals surface area contributed by atoms with Gasteiger partial charge in [0.1, 0.15) is 5.78 Å². The Bertz CT molecular complexity index is 343. The number of hydrogen-bond donors (Lipinski definition) is 2. The minimum atomic E-state index is -0.108. The fourth-order valence-corrected chi connectivity index (χ4v) is 1.61. The predicted octanol–water partition coefficient (Wildman–Crippen LogP) is 1.77. The molecule has 1 rings (SSSR count). The first kappa shape index (κ1) is 12.7. The molecule has 0 saturated heterocycles. The second-order valence-corrected chi connectivity index (χ2v) is 4.43. The SMILES string of the molecule is CC(=O)C(Cc1ccc(N)cc1)NC(C)C. The average Bonchev–Trinajstić information content (AvgIpc) is 2.19. The number of hydrogen-bond acceptors (Lipinski definition) is 3. The first-order valence-electron chi connectivity index (χ1n) is 5.60. The van der Waals surface area contributed by atoms with Crippen molar-refractivity contribution in [3.8, 4) is 0 Å². The van der Waals surface area contributed by atoms with Gasteiger partial charge < -0.3 is 11.1 Å². The van der Waals surface area contributed by atoms with Crippen LogP contribution in [0.5, 0.6) is 0 Å². The molecule has 16 heavy (non-hydrogen) atoms. The zero-order valence-electron chi connectivity index (χ0n) is 10.2. The van der Waals surface area contributed by atoms with Crippen LogP contribution in [0, 0.1) is 0 Å². The number of nitrogens with two attached hydrogens (primary N) is 1. The average molecular weight is 220 g/mol. The van der Waals surface area contributed by atoms with E-state index in [1.165, 1.54) is 0 Å². The zero-order valence-corrected chi connectivity index (χ0v) is 10.2. The van der Waals surface area contributed by atoms with Crippen LogP contribution in [0.25, 0.3) is 0 Å². The van der Waals surface area contributed by atoms with E-state index in [1.54, 1.807) is 6.92 Å². The highest BCUT2D eigenvalue weighted by molar-refractivity contribution is 5.81. The Morgan fingerprint density at radius 2 is 1.88 bits per heavy atom. The van der Waals surface area contributed by atoms with Gasteiger partial charge in [-0.25, -0.2) is 0 Å². The molecule has 0 aliphatic rings. The van der Waals surface area contributed by atoms with Crippen LogP contribution in [0.15, 0.2) is 24.3 Å². The van der Waals surface area contributed by atoms with Crippen LogP contribution in [0.4, 0.5) is 5.69 Å². The number of anilines is 1. The Labute approximate surface area is 97.0 Å². The number of carbonyl (C=O) groups is 1. The quantitative estimate of drug-likeness (QED) is 0.743. The van der Waals surface area contributed by atoms with Crippen molar-refractivity contribution in [2.24, 2.45) is 0 Å². The van der Waals surface area contributed by atoms with Gasteiger partial charge in [-0.05, 0) is 31.0 Å². The second kappa shape index (κ2) is 5.66. The number of benzene rings is 1. The Morgan fingerprint density at radius 1 is 1.31 bits per heavy atom. The van der Waals surface area contributed by atoms with Gasteiger partial charge in [0.25, 0.3) is 0 Å². The number of carbonyl (C=O) groups excluding carboxylic acids is 1. The fraction of sp³-hybridized carbons (Fsp3) is 0.462. The Morgan fingerprint density at radius 3 is 2.31 bits per heavy atom. The Hall–Kier alpha value is -1.35. The smallest absolute Gasteiger partial charge is 0.147 e. The topological polar surface area (TPSA) is 55.1 Å². The third-order valence-corrected chi connectivity index (χ3v) is 2.44. The number of rotatable bonds is 5. The summed E-state index contributed by atoms with van der Waals surface area (Å²) in [5, 5.41) is 3.26. The summed E-state index contributed by atoms with van der Waals surface area (Å²) in [6, 6.07) is 7.86.